The number of alkyl halides is 3. The van der Waals surface area contributed by atoms with E-state index in [0.717, 1.165) is 16.9 Å². The topological polar surface area (TPSA) is 46.3 Å². The summed E-state index contributed by atoms with van der Waals surface area (Å²) in [5.41, 5.74) is 1.21. The Kier molecular flexibility index (Phi) is 4.97. The second kappa shape index (κ2) is 7.43. The molecule has 28 heavy (non-hydrogen) atoms. The highest BCUT2D eigenvalue weighted by atomic mass is 32.1. The molecule has 1 aliphatic rings. The van der Waals surface area contributed by atoms with Crippen LogP contribution in [0.15, 0.2) is 53.1 Å². The second-order valence-electron chi connectivity index (χ2n) is 6.67. The zero-order chi connectivity index (χ0) is 19.7. The summed E-state index contributed by atoms with van der Waals surface area (Å²) in [5, 5.41) is 0.525. The molecule has 0 radical (unpaired) electrons. The third kappa shape index (κ3) is 3.69. The third-order valence-corrected chi connectivity index (χ3v) is 5.83. The van der Waals surface area contributed by atoms with Gasteiger partial charge in [-0.1, -0.05) is 30.3 Å². The molecule has 1 saturated heterocycles. The van der Waals surface area contributed by atoms with Gasteiger partial charge in [0.25, 0.3) is 5.91 Å². The van der Waals surface area contributed by atoms with Gasteiger partial charge in [0.15, 0.2) is 10.8 Å². The zero-order valence-corrected chi connectivity index (χ0v) is 15.6. The number of thiazole rings is 1. The number of hydrogen-bond acceptors (Lipinski definition) is 4. The molecule has 8 heteroatoms. The lowest BCUT2D eigenvalue weighted by molar-refractivity contribution is -0.184. The number of piperidine rings is 1. The molecule has 1 amide bonds. The predicted molar refractivity (Wildman–Crippen MR) is 99.9 cm³/mol. The maximum absolute atomic E-state index is 13.2. The van der Waals surface area contributed by atoms with E-state index in [1.807, 2.05) is 30.3 Å². The van der Waals surface area contributed by atoms with Gasteiger partial charge in [0.1, 0.15) is 4.88 Å². The molecule has 0 aliphatic carbocycles. The summed E-state index contributed by atoms with van der Waals surface area (Å²) in [6, 6.07) is 12.6. The average Bonchev–Trinajstić information content (AvgIpc) is 3.37. The monoisotopic (exact) mass is 406 g/mol. The number of hydrogen-bond donors (Lipinski definition) is 0. The van der Waals surface area contributed by atoms with Crippen molar-refractivity contribution in [2.24, 2.45) is 5.92 Å². The molecular formula is C20H17F3N2O2S. The Morgan fingerprint density at radius 2 is 1.96 bits per heavy atom. The minimum absolute atomic E-state index is 0.0547. The van der Waals surface area contributed by atoms with Gasteiger partial charge in [-0.2, -0.15) is 13.2 Å². The predicted octanol–water partition coefficient (Wildman–Crippen LogP) is 5.48. The molecule has 3 aromatic rings. The molecule has 0 spiro atoms. The fourth-order valence-electron chi connectivity index (χ4n) is 3.33. The quantitative estimate of drug-likeness (QED) is 0.578. The molecule has 0 unspecified atom stereocenters. The highest BCUT2D eigenvalue weighted by Crippen LogP contribution is 2.37. The largest absolute Gasteiger partial charge is 0.462 e. The summed E-state index contributed by atoms with van der Waals surface area (Å²) >= 11 is 1.15. The number of furan rings is 1. The molecule has 4 nitrogen and oxygen atoms in total. The lowest BCUT2D eigenvalue weighted by Gasteiger charge is -2.33. The molecule has 1 fully saturated rings. The zero-order valence-electron chi connectivity index (χ0n) is 14.8. The van der Waals surface area contributed by atoms with E-state index in [9.17, 15) is 18.0 Å². The molecule has 1 aliphatic heterocycles. The standard InChI is InChI=1S/C20H17F3N2O2S/c21-20(22,23)14-8-4-10-25(12-14)19(26)17-16(13-6-2-1-3-7-13)24-18(28-17)15-9-5-11-27-15/h1-3,5-7,9,11,14H,4,8,10,12H2/t14-/m1/s1. The number of benzene rings is 1. The van der Waals surface area contributed by atoms with E-state index in [4.69, 9.17) is 4.42 Å². The number of rotatable bonds is 3. The van der Waals surface area contributed by atoms with Crippen molar-refractivity contribution < 1.29 is 22.4 Å². The Bertz CT molecular complexity index is 952. The van der Waals surface area contributed by atoms with Gasteiger partial charge in [-0.15, -0.1) is 11.3 Å². The van der Waals surface area contributed by atoms with Gasteiger partial charge in [0.2, 0.25) is 0 Å². The molecule has 0 saturated carbocycles. The Morgan fingerprint density at radius 3 is 2.64 bits per heavy atom. The van der Waals surface area contributed by atoms with Crippen LogP contribution >= 0.6 is 11.3 Å². The van der Waals surface area contributed by atoms with Gasteiger partial charge in [0, 0.05) is 18.7 Å². The smallest absolute Gasteiger partial charge is 0.393 e. The van der Waals surface area contributed by atoms with Crippen molar-refractivity contribution in [1.82, 2.24) is 9.88 Å². The van der Waals surface area contributed by atoms with Crippen molar-refractivity contribution >= 4 is 17.2 Å². The lowest BCUT2D eigenvalue weighted by Crippen LogP contribution is -2.44. The van der Waals surface area contributed by atoms with Crippen LogP contribution in [-0.4, -0.2) is 35.1 Å². The van der Waals surface area contributed by atoms with Gasteiger partial charge in [0.05, 0.1) is 17.9 Å². The first-order valence-corrected chi connectivity index (χ1v) is 9.71. The minimum atomic E-state index is -4.30. The molecular weight excluding hydrogens is 389 g/mol. The van der Waals surface area contributed by atoms with Crippen molar-refractivity contribution in [2.75, 3.05) is 13.1 Å². The summed E-state index contributed by atoms with van der Waals surface area (Å²) in [7, 11) is 0. The van der Waals surface area contributed by atoms with Crippen molar-refractivity contribution in [3.63, 3.8) is 0 Å². The fraction of sp³-hybridized carbons (Fsp3) is 0.300. The van der Waals surface area contributed by atoms with Crippen LogP contribution in [0.3, 0.4) is 0 Å². The molecule has 4 rings (SSSR count). The van der Waals surface area contributed by atoms with Gasteiger partial charge < -0.3 is 9.32 Å². The molecule has 0 bridgehead atoms. The van der Waals surface area contributed by atoms with Gasteiger partial charge in [-0.3, -0.25) is 4.79 Å². The van der Waals surface area contributed by atoms with Crippen molar-refractivity contribution in [2.45, 2.75) is 19.0 Å². The summed E-state index contributed by atoms with van der Waals surface area (Å²) < 4.78 is 44.8. The summed E-state index contributed by atoms with van der Waals surface area (Å²) in [6.45, 7) is -0.00181. The van der Waals surface area contributed by atoms with Crippen molar-refractivity contribution in [1.29, 1.82) is 0 Å². The van der Waals surface area contributed by atoms with Crippen molar-refractivity contribution in [3.8, 4) is 22.0 Å². The molecule has 3 heterocycles. The van der Waals surface area contributed by atoms with E-state index >= 15 is 0 Å². The van der Waals surface area contributed by atoms with E-state index < -0.39 is 18.0 Å². The van der Waals surface area contributed by atoms with Crippen LogP contribution < -0.4 is 0 Å². The van der Waals surface area contributed by atoms with Gasteiger partial charge in [-0.05, 0) is 25.0 Å². The number of likely N-dealkylation sites (tertiary alicyclic amines) is 1. The van der Waals surface area contributed by atoms with Crippen LogP contribution in [0.4, 0.5) is 13.2 Å². The molecule has 1 atom stereocenters. The SMILES string of the molecule is O=C(c1sc(-c2ccco2)nc1-c1ccccc1)N1CCC[C@@H](C(F)(F)F)C1. The van der Waals surface area contributed by atoms with Gasteiger partial charge >= 0.3 is 6.18 Å². The summed E-state index contributed by atoms with van der Waals surface area (Å²) in [6.07, 6.45) is -2.40. The van der Waals surface area contributed by atoms with E-state index in [1.165, 1.54) is 11.2 Å². The maximum atomic E-state index is 13.2. The van der Waals surface area contributed by atoms with Crippen LogP contribution in [0, 0.1) is 5.92 Å². The van der Waals surface area contributed by atoms with Crippen LogP contribution in [0.25, 0.3) is 22.0 Å². The highest BCUT2D eigenvalue weighted by molar-refractivity contribution is 7.17. The number of nitrogens with zero attached hydrogens (tertiary/aromatic N) is 2. The Morgan fingerprint density at radius 1 is 1.18 bits per heavy atom. The average molecular weight is 406 g/mol. The fourth-order valence-corrected chi connectivity index (χ4v) is 4.36. The van der Waals surface area contributed by atoms with Gasteiger partial charge in [-0.25, -0.2) is 4.98 Å². The van der Waals surface area contributed by atoms with E-state index in [1.54, 1.807) is 12.1 Å². The molecule has 1 aromatic carbocycles. The van der Waals surface area contributed by atoms with Crippen LogP contribution in [0.1, 0.15) is 22.5 Å². The van der Waals surface area contributed by atoms with E-state index in [-0.39, 0.29) is 13.0 Å². The lowest BCUT2D eigenvalue weighted by atomic mass is 9.97. The molecule has 2 aromatic heterocycles. The number of halogens is 3. The first kappa shape index (κ1) is 18.7. The van der Waals surface area contributed by atoms with E-state index in [0.29, 0.717) is 34.3 Å². The third-order valence-electron chi connectivity index (χ3n) is 4.77. The first-order valence-electron chi connectivity index (χ1n) is 8.89. The van der Waals surface area contributed by atoms with Crippen LogP contribution in [0.2, 0.25) is 0 Å². The Labute approximate surface area is 163 Å². The second-order valence-corrected chi connectivity index (χ2v) is 7.67. The summed E-state index contributed by atoms with van der Waals surface area (Å²) in [5.74, 6) is -1.38. The molecule has 146 valence electrons. The normalized spacial score (nSPS) is 17.7. The van der Waals surface area contributed by atoms with E-state index in [2.05, 4.69) is 4.98 Å². The maximum Gasteiger partial charge on any atom is 0.393 e. The number of carbonyl (C=O) groups excluding carboxylic acids is 1. The number of aromatic nitrogens is 1. The van der Waals surface area contributed by atoms with Crippen molar-refractivity contribution in [3.05, 3.63) is 53.6 Å². The Balaban J connectivity index is 1.70. The molecule has 0 N–H and O–H groups in total. The van der Waals surface area contributed by atoms with Crippen LogP contribution in [0.5, 0.6) is 0 Å². The first-order chi connectivity index (χ1) is 13.4. The highest BCUT2D eigenvalue weighted by Gasteiger charge is 2.43. The number of amides is 1. The Hall–Kier alpha value is -2.61. The summed E-state index contributed by atoms with van der Waals surface area (Å²) in [4.78, 5) is 19.3. The van der Waals surface area contributed by atoms with Crippen LogP contribution in [-0.2, 0) is 0 Å². The minimum Gasteiger partial charge on any atom is -0.462 e. The number of carbonyl (C=O) groups is 1.